The van der Waals surface area contributed by atoms with Crippen LogP contribution in [0.3, 0.4) is 0 Å². The third kappa shape index (κ3) is 7.01. The van der Waals surface area contributed by atoms with Gasteiger partial charge in [-0.15, -0.1) is 0 Å². The summed E-state index contributed by atoms with van der Waals surface area (Å²) in [6.07, 6.45) is 6.17. The molecule has 1 atom stereocenters. The van der Waals surface area contributed by atoms with Crippen molar-refractivity contribution in [2.24, 2.45) is 0 Å². The Hall–Kier alpha value is -1.47. The summed E-state index contributed by atoms with van der Waals surface area (Å²) in [7, 11) is 0. The van der Waals surface area contributed by atoms with Crippen molar-refractivity contribution in [3.8, 4) is 0 Å². The molecule has 0 saturated carbocycles. The lowest BCUT2D eigenvalue weighted by Crippen LogP contribution is -2.25. The van der Waals surface area contributed by atoms with Crippen molar-refractivity contribution in [3.63, 3.8) is 0 Å². The van der Waals surface area contributed by atoms with Gasteiger partial charge in [-0.3, -0.25) is 0 Å². The van der Waals surface area contributed by atoms with E-state index >= 15 is 0 Å². The second-order valence-corrected chi connectivity index (χ2v) is 10.0. The molecule has 0 bridgehead atoms. The van der Waals surface area contributed by atoms with Crippen LogP contribution < -0.4 is 5.32 Å². The van der Waals surface area contributed by atoms with Crippen molar-refractivity contribution < 1.29 is 0 Å². The molecule has 0 radical (unpaired) electrons. The van der Waals surface area contributed by atoms with Gasteiger partial charge < -0.3 is 10.2 Å². The Morgan fingerprint density at radius 2 is 1.84 bits per heavy atom. The molecule has 0 unspecified atom stereocenters. The number of rotatable bonds is 10. The summed E-state index contributed by atoms with van der Waals surface area (Å²) in [4.78, 5) is 12.0. The molecule has 0 fully saturated rings. The fourth-order valence-electron chi connectivity index (χ4n) is 3.57. The predicted molar refractivity (Wildman–Crippen MR) is 145 cm³/mol. The minimum Gasteiger partial charge on any atom is -0.367 e. The van der Waals surface area contributed by atoms with Crippen molar-refractivity contribution in [2.45, 2.75) is 39.7 Å². The molecule has 1 heterocycles. The first-order valence-electron chi connectivity index (χ1n) is 11.0. The fraction of sp³-hybridized carbons (Fsp3) is 0.360. The maximum atomic E-state index is 6.25. The maximum Gasteiger partial charge on any atom is 0.154 e. The average Bonchev–Trinajstić information content (AvgIpc) is 2.76. The Bertz CT molecular complexity index is 1080. The van der Waals surface area contributed by atoms with E-state index in [9.17, 15) is 0 Å². The summed E-state index contributed by atoms with van der Waals surface area (Å²) in [6.45, 7) is 9.95. The van der Waals surface area contributed by atoms with Crippen LogP contribution in [0.15, 0.2) is 45.3 Å². The molecule has 170 valence electrons. The molecule has 0 aliphatic rings. The fourth-order valence-corrected chi connectivity index (χ4v) is 4.92. The average molecular weight is 581 g/mol. The van der Waals surface area contributed by atoms with Crippen LogP contribution in [0.1, 0.15) is 45.0 Å². The molecule has 0 spiro atoms. The Morgan fingerprint density at radius 1 is 1.06 bits per heavy atom. The number of hydrogen-bond donors (Lipinski definition) is 1. The van der Waals surface area contributed by atoms with E-state index in [0.29, 0.717) is 16.9 Å². The molecular weight excluding hydrogens is 552 g/mol. The summed E-state index contributed by atoms with van der Waals surface area (Å²) >= 11 is 13.3. The highest BCUT2D eigenvalue weighted by atomic mass is 79.9. The van der Waals surface area contributed by atoms with E-state index in [2.05, 4.69) is 62.8 Å². The number of aromatic nitrogens is 2. The lowest BCUT2D eigenvalue weighted by molar-refractivity contribution is 0.295. The van der Waals surface area contributed by atoms with Crippen LogP contribution >= 0.6 is 43.5 Å². The van der Waals surface area contributed by atoms with Gasteiger partial charge in [0.1, 0.15) is 5.82 Å². The minimum atomic E-state index is 0.303. The topological polar surface area (TPSA) is 41.0 Å². The molecule has 1 N–H and O–H groups in total. The molecule has 1 aromatic heterocycles. The summed E-state index contributed by atoms with van der Waals surface area (Å²) in [5.41, 5.74) is 1.89. The predicted octanol–water partition coefficient (Wildman–Crippen LogP) is 7.90. The maximum absolute atomic E-state index is 6.25. The van der Waals surface area contributed by atoms with Crippen molar-refractivity contribution in [1.29, 1.82) is 0 Å². The number of anilines is 1. The molecule has 7 heteroatoms. The summed E-state index contributed by atoms with van der Waals surface area (Å²) in [5.74, 6) is 1.49. The molecule has 0 saturated heterocycles. The number of halogens is 3. The van der Waals surface area contributed by atoms with Gasteiger partial charge in [0.2, 0.25) is 0 Å². The van der Waals surface area contributed by atoms with E-state index < -0.39 is 0 Å². The summed E-state index contributed by atoms with van der Waals surface area (Å²) in [5, 5.41) is 5.25. The van der Waals surface area contributed by atoms with Gasteiger partial charge in [0.15, 0.2) is 5.82 Å². The number of nitrogens with zero attached hydrogens (tertiary/aromatic N) is 3. The normalized spacial score (nSPS) is 12.7. The van der Waals surface area contributed by atoms with Crippen LogP contribution in [-0.4, -0.2) is 40.5 Å². The van der Waals surface area contributed by atoms with E-state index in [-0.39, 0.29) is 0 Å². The molecule has 2 aromatic carbocycles. The first-order valence-corrected chi connectivity index (χ1v) is 12.9. The van der Waals surface area contributed by atoms with Gasteiger partial charge in [-0.2, -0.15) is 0 Å². The largest absolute Gasteiger partial charge is 0.367 e. The van der Waals surface area contributed by atoms with Gasteiger partial charge in [-0.25, -0.2) is 9.97 Å². The quantitative estimate of drug-likeness (QED) is 0.265. The number of hydrogen-bond acceptors (Lipinski definition) is 4. The Balaban J connectivity index is 1.82. The zero-order valence-corrected chi connectivity index (χ0v) is 22.6. The van der Waals surface area contributed by atoms with Gasteiger partial charge in [-0.1, -0.05) is 69.5 Å². The highest BCUT2D eigenvalue weighted by Gasteiger charge is 2.11. The van der Waals surface area contributed by atoms with E-state index in [0.717, 1.165) is 63.7 Å². The molecule has 32 heavy (non-hydrogen) atoms. The first kappa shape index (κ1) is 25.2. The summed E-state index contributed by atoms with van der Waals surface area (Å²) < 4.78 is 2.03. The van der Waals surface area contributed by atoms with E-state index in [1.807, 2.05) is 48.6 Å². The Morgan fingerprint density at radius 3 is 2.56 bits per heavy atom. The SMILES string of the molecule is CCN(CC)CCC[C@@H](C)Nc1nc(/C=C/c2ccc(Br)cc2Br)nc2cc(Cl)ccc12. The number of nitrogens with one attached hydrogen (secondary N) is 1. The van der Waals surface area contributed by atoms with Gasteiger partial charge in [0.05, 0.1) is 5.52 Å². The second kappa shape index (κ2) is 12.1. The van der Waals surface area contributed by atoms with Crippen molar-refractivity contribution in [1.82, 2.24) is 14.9 Å². The minimum absolute atomic E-state index is 0.303. The van der Waals surface area contributed by atoms with Gasteiger partial charge in [0, 0.05) is 25.4 Å². The zero-order valence-electron chi connectivity index (χ0n) is 18.7. The summed E-state index contributed by atoms with van der Waals surface area (Å²) in [6, 6.07) is 12.1. The monoisotopic (exact) mass is 578 g/mol. The third-order valence-electron chi connectivity index (χ3n) is 5.44. The molecule has 0 aliphatic carbocycles. The van der Waals surface area contributed by atoms with Crippen LogP contribution in [0.5, 0.6) is 0 Å². The molecular formula is C25H29Br2ClN4. The first-order chi connectivity index (χ1) is 15.4. The van der Waals surface area contributed by atoms with Gasteiger partial charge in [-0.05, 0) is 81.4 Å². The van der Waals surface area contributed by atoms with Crippen molar-refractivity contribution in [2.75, 3.05) is 25.0 Å². The zero-order chi connectivity index (χ0) is 23.1. The van der Waals surface area contributed by atoms with E-state index in [4.69, 9.17) is 21.6 Å². The molecule has 0 amide bonds. The van der Waals surface area contributed by atoms with Crippen LogP contribution in [0.2, 0.25) is 5.02 Å². The van der Waals surface area contributed by atoms with Crippen LogP contribution in [-0.2, 0) is 0 Å². The lowest BCUT2D eigenvalue weighted by Gasteiger charge is -2.20. The van der Waals surface area contributed by atoms with Gasteiger partial charge >= 0.3 is 0 Å². The van der Waals surface area contributed by atoms with E-state index in [1.165, 1.54) is 0 Å². The van der Waals surface area contributed by atoms with Crippen LogP contribution in [0.4, 0.5) is 5.82 Å². The Kier molecular flexibility index (Phi) is 9.53. The highest BCUT2D eigenvalue weighted by Crippen LogP contribution is 2.27. The van der Waals surface area contributed by atoms with Gasteiger partial charge in [0.25, 0.3) is 0 Å². The van der Waals surface area contributed by atoms with Crippen LogP contribution in [0.25, 0.3) is 23.1 Å². The lowest BCUT2D eigenvalue weighted by atomic mass is 10.1. The molecule has 3 rings (SSSR count). The van der Waals surface area contributed by atoms with Crippen molar-refractivity contribution in [3.05, 3.63) is 61.8 Å². The Labute approximate surface area is 212 Å². The number of fused-ring (bicyclic) bond motifs is 1. The second-order valence-electron chi connectivity index (χ2n) is 7.81. The van der Waals surface area contributed by atoms with E-state index in [1.54, 1.807) is 0 Å². The highest BCUT2D eigenvalue weighted by molar-refractivity contribution is 9.11. The standard InChI is InChI=1S/C25H29Br2ClN4/c1-4-32(5-2)14-6-7-17(3)29-25-21-12-11-20(28)16-23(21)30-24(31-25)13-9-18-8-10-19(26)15-22(18)27/h8-13,15-17H,4-7,14H2,1-3H3,(H,29,30,31)/b13-9+/t17-/m1/s1. The smallest absolute Gasteiger partial charge is 0.154 e. The molecule has 0 aliphatic heterocycles. The van der Waals surface area contributed by atoms with Crippen molar-refractivity contribution >= 4 is 72.3 Å². The molecule has 3 aromatic rings. The van der Waals surface area contributed by atoms with Crippen LogP contribution in [0, 0.1) is 0 Å². The molecule has 4 nitrogen and oxygen atoms in total. The number of benzene rings is 2. The third-order valence-corrected chi connectivity index (χ3v) is 6.85.